The number of carbonyl (C=O) groups excluding carboxylic acids is 1. The van der Waals surface area contributed by atoms with Crippen LogP contribution in [0.25, 0.3) is 10.9 Å². The minimum atomic E-state index is -0.454. The second-order valence-corrected chi connectivity index (χ2v) is 8.10. The van der Waals surface area contributed by atoms with Gasteiger partial charge in [-0.15, -0.1) is 0 Å². The maximum Gasteiger partial charge on any atom is 0.274 e. The van der Waals surface area contributed by atoms with Gasteiger partial charge in [-0.05, 0) is 25.0 Å². The third-order valence-corrected chi connectivity index (χ3v) is 6.10. The molecule has 7 nitrogen and oxygen atoms in total. The van der Waals surface area contributed by atoms with Crippen LogP contribution in [0.15, 0.2) is 35.3 Å². The van der Waals surface area contributed by atoms with E-state index in [2.05, 4.69) is 15.0 Å². The number of benzene rings is 1. The summed E-state index contributed by atoms with van der Waals surface area (Å²) < 4.78 is 5.69. The molecule has 1 aliphatic rings. The summed E-state index contributed by atoms with van der Waals surface area (Å²) in [6.45, 7) is 0.994. The van der Waals surface area contributed by atoms with Crippen molar-refractivity contribution < 1.29 is 9.53 Å². The summed E-state index contributed by atoms with van der Waals surface area (Å²) >= 11 is 18.3. The minimum absolute atomic E-state index is 0.0211. The number of halogens is 3. The SMILES string of the molecule is O=C(c1ncc(Cl)c(Cl)c1Cl)N(Cc1nc2ccccc2c(=O)[nH]1)CC1CCCO1. The Hall–Kier alpha value is -2.19. The van der Waals surface area contributed by atoms with Crippen molar-refractivity contribution in [3.63, 3.8) is 0 Å². The molecule has 0 radical (unpaired) electrons. The summed E-state index contributed by atoms with van der Waals surface area (Å²) in [6.07, 6.45) is 2.91. The van der Waals surface area contributed by atoms with E-state index in [1.54, 1.807) is 24.3 Å². The van der Waals surface area contributed by atoms with Crippen LogP contribution < -0.4 is 5.56 Å². The maximum absolute atomic E-state index is 13.3. The molecule has 1 aliphatic heterocycles. The number of ether oxygens (including phenoxy) is 1. The summed E-state index contributed by atoms with van der Waals surface area (Å²) in [5.74, 6) is -0.105. The van der Waals surface area contributed by atoms with Crippen molar-refractivity contribution in [3.8, 4) is 0 Å². The van der Waals surface area contributed by atoms with Crippen LogP contribution in [0.5, 0.6) is 0 Å². The number of nitrogens with one attached hydrogen (secondary N) is 1. The second-order valence-electron chi connectivity index (χ2n) is 6.93. The molecule has 0 bridgehead atoms. The van der Waals surface area contributed by atoms with E-state index in [0.29, 0.717) is 29.9 Å². The van der Waals surface area contributed by atoms with Crippen LogP contribution in [-0.4, -0.2) is 45.0 Å². The average Bonchev–Trinajstić information content (AvgIpc) is 3.24. The van der Waals surface area contributed by atoms with Crippen LogP contribution in [0.4, 0.5) is 0 Å². The highest BCUT2D eigenvalue weighted by molar-refractivity contribution is 6.48. The van der Waals surface area contributed by atoms with Gasteiger partial charge in [0.05, 0.1) is 38.6 Å². The van der Waals surface area contributed by atoms with Gasteiger partial charge in [0.2, 0.25) is 0 Å². The highest BCUT2D eigenvalue weighted by Gasteiger charge is 2.27. The number of rotatable bonds is 5. The summed E-state index contributed by atoms with van der Waals surface area (Å²) in [5, 5.41) is 0.675. The Morgan fingerprint density at radius 1 is 1.23 bits per heavy atom. The molecular weight excluding hydrogens is 451 g/mol. The topological polar surface area (TPSA) is 88.2 Å². The molecule has 1 fully saturated rings. The maximum atomic E-state index is 13.3. The quantitative estimate of drug-likeness (QED) is 0.610. The molecule has 0 aliphatic carbocycles. The molecule has 156 valence electrons. The van der Waals surface area contributed by atoms with Gasteiger partial charge in [-0.25, -0.2) is 9.97 Å². The lowest BCUT2D eigenvalue weighted by Crippen LogP contribution is -2.38. The molecule has 1 saturated heterocycles. The standard InChI is InChI=1S/C20H17Cl3N4O3/c21-13-8-24-18(17(23)16(13)22)20(29)27(9-11-4-3-7-30-11)10-15-25-14-6-2-1-5-12(14)19(28)26-15/h1-2,5-6,8,11H,3-4,7,9-10H2,(H,25,26,28). The number of H-pyrrole nitrogens is 1. The predicted octanol–water partition coefficient (Wildman–Crippen LogP) is 4.10. The van der Waals surface area contributed by atoms with Gasteiger partial charge in [-0.3, -0.25) is 9.59 Å². The van der Waals surface area contributed by atoms with Crippen molar-refractivity contribution in [3.05, 3.63) is 67.4 Å². The molecule has 1 aromatic carbocycles. The number of aromatic nitrogens is 3. The van der Waals surface area contributed by atoms with Crippen LogP contribution in [-0.2, 0) is 11.3 Å². The smallest absolute Gasteiger partial charge is 0.274 e. The zero-order valence-corrected chi connectivity index (χ0v) is 18.0. The normalized spacial score (nSPS) is 16.2. The van der Waals surface area contributed by atoms with Crippen molar-refractivity contribution in [1.82, 2.24) is 19.9 Å². The van der Waals surface area contributed by atoms with Crippen LogP contribution in [0.3, 0.4) is 0 Å². The number of para-hydroxylation sites is 1. The molecule has 0 spiro atoms. The monoisotopic (exact) mass is 466 g/mol. The number of nitrogens with zero attached hydrogens (tertiary/aromatic N) is 3. The van der Waals surface area contributed by atoms with Crippen LogP contribution in [0.2, 0.25) is 15.1 Å². The first kappa shape index (κ1) is 21.1. The molecule has 4 rings (SSSR count). The molecule has 0 saturated carbocycles. The van der Waals surface area contributed by atoms with Crippen molar-refractivity contribution in [2.24, 2.45) is 0 Å². The molecule has 1 atom stereocenters. The fraction of sp³-hybridized carbons (Fsp3) is 0.300. The number of aromatic amines is 1. The Morgan fingerprint density at radius 2 is 2.03 bits per heavy atom. The summed E-state index contributed by atoms with van der Waals surface area (Å²) in [4.78, 5) is 38.5. The van der Waals surface area contributed by atoms with Gasteiger partial charge < -0.3 is 14.6 Å². The summed E-state index contributed by atoms with van der Waals surface area (Å²) in [6, 6.07) is 7.01. The van der Waals surface area contributed by atoms with E-state index >= 15 is 0 Å². The Morgan fingerprint density at radius 3 is 2.80 bits per heavy atom. The Bertz CT molecular complexity index is 1160. The molecule has 3 aromatic rings. The zero-order chi connectivity index (χ0) is 21.3. The lowest BCUT2D eigenvalue weighted by Gasteiger charge is -2.25. The van der Waals surface area contributed by atoms with Crippen molar-refractivity contribution in [2.75, 3.05) is 13.2 Å². The molecule has 2 aromatic heterocycles. The Kier molecular flexibility index (Phi) is 6.24. The van der Waals surface area contributed by atoms with E-state index < -0.39 is 5.91 Å². The largest absolute Gasteiger partial charge is 0.376 e. The third kappa shape index (κ3) is 4.30. The average molecular weight is 468 g/mol. The first-order valence-corrected chi connectivity index (χ1v) is 10.5. The van der Waals surface area contributed by atoms with Crippen molar-refractivity contribution >= 4 is 51.6 Å². The van der Waals surface area contributed by atoms with E-state index in [0.717, 1.165) is 12.8 Å². The van der Waals surface area contributed by atoms with Crippen LogP contribution >= 0.6 is 34.8 Å². The van der Waals surface area contributed by atoms with Gasteiger partial charge in [-0.1, -0.05) is 46.9 Å². The third-order valence-electron chi connectivity index (χ3n) is 4.86. The Balaban J connectivity index is 1.69. The first-order chi connectivity index (χ1) is 14.4. The lowest BCUT2D eigenvalue weighted by molar-refractivity contribution is 0.0497. The molecule has 10 heteroatoms. The second kappa shape index (κ2) is 8.89. The number of carbonyl (C=O) groups is 1. The fourth-order valence-corrected chi connectivity index (χ4v) is 3.95. The number of pyridine rings is 1. The van der Waals surface area contributed by atoms with Gasteiger partial charge in [0.1, 0.15) is 11.5 Å². The lowest BCUT2D eigenvalue weighted by atomic mass is 10.2. The van der Waals surface area contributed by atoms with Gasteiger partial charge in [0.25, 0.3) is 11.5 Å². The van der Waals surface area contributed by atoms with Gasteiger partial charge >= 0.3 is 0 Å². The molecule has 1 unspecified atom stereocenters. The first-order valence-electron chi connectivity index (χ1n) is 9.32. The molecule has 3 heterocycles. The molecule has 1 amide bonds. The summed E-state index contributed by atoms with van der Waals surface area (Å²) in [5.41, 5.74) is 0.254. The predicted molar refractivity (Wildman–Crippen MR) is 115 cm³/mol. The number of fused-ring (bicyclic) bond motifs is 1. The molecule has 1 N–H and O–H groups in total. The minimum Gasteiger partial charge on any atom is -0.376 e. The van der Waals surface area contributed by atoms with Crippen molar-refractivity contribution in [2.45, 2.75) is 25.5 Å². The van der Waals surface area contributed by atoms with Gasteiger partial charge in [0.15, 0.2) is 0 Å². The van der Waals surface area contributed by atoms with E-state index in [1.165, 1.54) is 11.1 Å². The number of hydrogen-bond donors (Lipinski definition) is 1. The van der Waals surface area contributed by atoms with Crippen LogP contribution in [0.1, 0.15) is 29.2 Å². The van der Waals surface area contributed by atoms with E-state index in [9.17, 15) is 9.59 Å². The number of amides is 1. The van der Waals surface area contributed by atoms with E-state index in [-0.39, 0.29) is 39.0 Å². The zero-order valence-electron chi connectivity index (χ0n) is 15.7. The molecular formula is C20H17Cl3N4O3. The fourth-order valence-electron chi connectivity index (χ4n) is 3.39. The highest BCUT2D eigenvalue weighted by atomic mass is 35.5. The van der Waals surface area contributed by atoms with Crippen molar-refractivity contribution in [1.29, 1.82) is 0 Å². The Labute approximate surface area is 186 Å². The van der Waals surface area contributed by atoms with Gasteiger partial charge in [-0.2, -0.15) is 0 Å². The molecule has 30 heavy (non-hydrogen) atoms. The highest BCUT2D eigenvalue weighted by Crippen LogP contribution is 2.32. The van der Waals surface area contributed by atoms with E-state index in [4.69, 9.17) is 39.5 Å². The van der Waals surface area contributed by atoms with E-state index in [1.807, 2.05) is 0 Å². The number of hydrogen-bond acceptors (Lipinski definition) is 5. The summed E-state index contributed by atoms with van der Waals surface area (Å²) in [7, 11) is 0. The van der Waals surface area contributed by atoms with Gasteiger partial charge in [0, 0.05) is 19.3 Å². The van der Waals surface area contributed by atoms with Crippen LogP contribution in [0, 0.1) is 0 Å².